The van der Waals surface area contributed by atoms with Gasteiger partial charge in [-0.1, -0.05) is 60.2 Å². The van der Waals surface area contributed by atoms with E-state index in [0.717, 1.165) is 15.4 Å². The molecule has 0 bridgehead atoms. The molecule has 4 aromatic rings. The molecule has 1 N–H and O–H groups in total. The number of anilines is 2. The van der Waals surface area contributed by atoms with Crippen LogP contribution in [0, 0.1) is 6.92 Å². The molecule has 0 fully saturated rings. The summed E-state index contributed by atoms with van der Waals surface area (Å²) in [4.78, 5) is 13.2. The van der Waals surface area contributed by atoms with Crippen molar-refractivity contribution < 1.29 is 17.9 Å². The molecule has 0 saturated carbocycles. The third-order valence-electron chi connectivity index (χ3n) is 5.53. The van der Waals surface area contributed by atoms with Crippen molar-refractivity contribution in [1.29, 1.82) is 0 Å². The van der Waals surface area contributed by atoms with Crippen molar-refractivity contribution in [1.82, 2.24) is 0 Å². The van der Waals surface area contributed by atoms with Gasteiger partial charge in [0.2, 0.25) is 0 Å². The summed E-state index contributed by atoms with van der Waals surface area (Å²) in [6.07, 6.45) is 0. The highest BCUT2D eigenvalue weighted by molar-refractivity contribution is 7.92. The molecule has 0 aliphatic carbocycles. The number of benzene rings is 4. The van der Waals surface area contributed by atoms with E-state index in [0.29, 0.717) is 18.0 Å². The number of sulfonamides is 1. The molecule has 178 valence electrons. The lowest BCUT2D eigenvalue weighted by atomic mass is 10.1. The van der Waals surface area contributed by atoms with Crippen LogP contribution < -0.4 is 14.4 Å². The minimum absolute atomic E-state index is 0.159. The van der Waals surface area contributed by atoms with Crippen LogP contribution >= 0.6 is 0 Å². The monoisotopic (exact) mass is 486 g/mol. The van der Waals surface area contributed by atoms with Gasteiger partial charge in [-0.3, -0.25) is 9.10 Å². The van der Waals surface area contributed by atoms with Crippen LogP contribution in [0.25, 0.3) is 0 Å². The largest absolute Gasteiger partial charge is 0.489 e. The second-order valence-electron chi connectivity index (χ2n) is 8.06. The van der Waals surface area contributed by atoms with Crippen LogP contribution in [-0.4, -0.2) is 21.4 Å². The minimum atomic E-state index is -3.84. The predicted octanol–water partition coefficient (Wildman–Crippen LogP) is 5.65. The Kier molecular flexibility index (Phi) is 7.17. The maximum absolute atomic E-state index is 13.2. The molecule has 0 spiro atoms. The number of hydrogen-bond donors (Lipinski definition) is 1. The molecular formula is C28H26N2O4S. The zero-order chi connectivity index (χ0) is 24.8. The first-order chi connectivity index (χ1) is 16.8. The standard InChI is InChI=1S/C28H26N2O4S/c1-21-12-18-25(19-13-21)35(32,33)30(2)27-11-7-6-10-26(27)28(31)29-23-14-16-24(17-15-23)34-20-22-8-4-3-5-9-22/h3-19H,20H2,1-2H3,(H,29,31). The number of hydrogen-bond acceptors (Lipinski definition) is 4. The van der Waals surface area contributed by atoms with Gasteiger partial charge < -0.3 is 10.1 Å². The van der Waals surface area contributed by atoms with Gasteiger partial charge in [0.05, 0.1) is 16.1 Å². The molecule has 0 atom stereocenters. The summed E-state index contributed by atoms with van der Waals surface area (Å²) in [6.45, 7) is 2.34. The van der Waals surface area contributed by atoms with Crippen LogP contribution in [0.1, 0.15) is 21.5 Å². The Morgan fingerprint density at radius 1 is 0.829 bits per heavy atom. The lowest BCUT2D eigenvalue weighted by molar-refractivity contribution is 0.102. The molecule has 0 aliphatic rings. The smallest absolute Gasteiger partial charge is 0.264 e. The van der Waals surface area contributed by atoms with E-state index in [9.17, 15) is 13.2 Å². The second kappa shape index (κ2) is 10.4. The van der Waals surface area contributed by atoms with Crippen molar-refractivity contribution in [3.8, 4) is 5.75 Å². The van der Waals surface area contributed by atoms with Gasteiger partial charge in [-0.25, -0.2) is 8.42 Å². The van der Waals surface area contributed by atoms with Crippen molar-refractivity contribution in [2.75, 3.05) is 16.7 Å². The second-order valence-corrected chi connectivity index (χ2v) is 10.0. The van der Waals surface area contributed by atoms with Gasteiger partial charge in [0.1, 0.15) is 12.4 Å². The Hall–Kier alpha value is -4.10. The molecule has 35 heavy (non-hydrogen) atoms. The van der Waals surface area contributed by atoms with Gasteiger partial charge in [-0.05, 0) is 61.0 Å². The molecule has 4 rings (SSSR count). The van der Waals surface area contributed by atoms with E-state index in [1.54, 1.807) is 72.8 Å². The van der Waals surface area contributed by atoms with Gasteiger partial charge >= 0.3 is 0 Å². The van der Waals surface area contributed by atoms with Crippen molar-refractivity contribution in [3.63, 3.8) is 0 Å². The Labute approximate surface area is 205 Å². The number of nitrogens with zero attached hydrogens (tertiary/aromatic N) is 1. The Balaban J connectivity index is 1.48. The molecule has 0 saturated heterocycles. The fourth-order valence-electron chi connectivity index (χ4n) is 3.51. The van der Waals surface area contributed by atoms with Crippen LogP contribution in [0.4, 0.5) is 11.4 Å². The van der Waals surface area contributed by atoms with E-state index in [1.165, 1.54) is 7.05 Å². The van der Waals surface area contributed by atoms with Gasteiger partial charge in [0, 0.05) is 12.7 Å². The first-order valence-corrected chi connectivity index (χ1v) is 12.5. The summed E-state index contributed by atoms with van der Waals surface area (Å²) < 4.78 is 33.2. The van der Waals surface area contributed by atoms with Gasteiger partial charge in [0.25, 0.3) is 15.9 Å². The summed E-state index contributed by atoms with van der Waals surface area (Å²) in [5.41, 5.74) is 3.12. The van der Waals surface area contributed by atoms with Gasteiger partial charge in [0.15, 0.2) is 0 Å². The number of amides is 1. The quantitative estimate of drug-likeness (QED) is 0.349. The number of nitrogens with one attached hydrogen (secondary N) is 1. The van der Waals surface area contributed by atoms with Gasteiger partial charge in [-0.2, -0.15) is 0 Å². The third kappa shape index (κ3) is 5.70. The van der Waals surface area contributed by atoms with E-state index in [-0.39, 0.29) is 16.1 Å². The maximum atomic E-state index is 13.2. The first-order valence-electron chi connectivity index (χ1n) is 11.1. The number of rotatable bonds is 8. The van der Waals surface area contributed by atoms with Crippen molar-refractivity contribution in [3.05, 3.63) is 120 Å². The van der Waals surface area contributed by atoms with Crippen molar-refractivity contribution in [2.24, 2.45) is 0 Å². The van der Waals surface area contributed by atoms with E-state index in [4.69, 9.17) is 4.74 Å². The number of ether oxygens (including phenoxy) is 1. The topological polar surface area (TPSA) is 75.7 Å². The van der Waals surface area contributed by atoms with Crippen LogP contribution in [0.5, 0.6) is 5.75 Å². The Morgan fingerprint density at radius 2 is 1.46 bits per heavy atom. The highest BCUT2D eigenvalue weighted by atomic mass is 32.2. The highest BCUT2D eigenvalue weighted by Crippen LogP contribution is 2.27. The summed E-state index contributed by atoms with van der Waals surface area (Å²) in [5, 5.41) is 2.84. The number of carbonyl (C=O) groups excluding carboxylic acids is 1. The molecule has 7 heteroatoms. The molecule has 0 heterocycles. The molecule has 0 radical (unpaired) electrons. The third-order valence-corrected chi connectivity index (χ3v) is 7.31. The number of aryl methyl sites for hydroxylation is 1. The predicted molar refractivity (Wildman–Crippen MR) is 138 cm³/mol. The lowest BCUT2D eigenvalue weighted by Crippen LogP contribution is -2.29. The SMILES string of the molecule is Cc1ccc(S(=O)(=O)N(C)c2ccccc2C(=O)Nc2ccc(OCc3ccccc3)cc2)cc1. The fraction of sp³-hybridized carbons (Fsp3) is 0.107. The normalized spacial score (nSPS) is 11.0. The van der Waals surface area contributed by atoms with E-state index in [1.807, 2.05) is 37.3 Å². The molecule has 0 unspecified atom stereocenters. The fourth-order valence-corrected chi connectivity index (χ4v) is 4.73. The van der Waals surface area contributed by atoms with Gasteiger partial charge in [-0.15, -0.1) is 0 Å². The summed E-state index contributed by atoms with van der Waals surface area (Å²) in [5.74, 6) is 0.265. The molecule has 1 amide bonds. The van der Waals surface area contributed by atoms with Crippen LogP contribution in [0.3, 0.4) is 0 Å². The average Bonchev–Trinajstić information content (AvgIpc) is 2.88. The minimum Gasteiger partial charge on any atom is -0.489 e. The maximum Gasteiger partial charge on any atom is 0.264 e. The van der Waals surface area contributed by atoms with E-state index in [2.05, 4.69) is 5.32 Å². The Bertz CT molecular complexity index is 1400. The summed E-state index contributed by atoms with van der Waals surface area (Å²) in [7, 11) is -2.39. The van der Waals surface area contributed by atoms with E-state index < -0.39 is 15.9 Å². The molecule has 6 nitrogen and oxygen atoms in total. The van der Waals surface area contributed by atoms with Crippen molar-refractivity contribution in [2.45, 2.75) is 18.4 Å². The highest BCUT2D eigenvalue weighted by Gasteiger charge is 2.25. The van der Waals surface area contributed by atoms with Crippen LogP contribution in [0.2, 0.25) is 0 Å². The summed E-state index contributed by atoms with van der Waals surface area (Å²) >= 11 is 0. The first kappa shape index (κ1) is 24.0. The molecule has 0 aromatic heterocycles. The average molecular weight is 487 g/mol. The molecule has 0 aliphatic heterocycles. The lowest BCUT2D eigenvalue weighted by Gasteiger charge is -2.22. The van der Waals surface area contributed by atoms with E-state index >= 15 is 0 Å². The number of carbonyl (C=O) groups is 1. The number of para-hydroxylation sites is 1. The van der Waals surface area contributed by atoms with Crippen molar-refractivity contribution >= 4 is 27.3 Å². The zero-order valence-electron chi connectivity index (χ0n) is 19.5. The Morgan fingerprint density at radius 3 is 2.14 bits per heavy atom. The summed E-state index contributed by atoms with van der Waals surface area (Å²) in [6, 6.07) is 30.1. The molecular weight excluding hydrogens is 460 g/mol. The van der Waals surface area contributed by atoms with Crippen LogP contribution in [0.15, 0.2) is 108 Å². The zero-order valence-corrected chi connectivity index (χ0v) is 20.3. The molecule has 4 aromatic carbocycles. The van der Waals surface area contributed by atoms with Crippen LogP contribution in [-0.2, 0) is 16.6 Å².